The second-order valence-corrected chi connectivity index (χ2v) is 9.44. The summed E-state index contributed by atoms with van der Waals surface area (Å²) in [5.74, 6) is -1.82. The van der Waals surface area contributed by atoms with Crippen molar-refractivity contribution in [1.82, 2.24) is 15.1 Å². The molecule has 13 heteroatoms. The van der Waals surface area contributed by atoms with Gasteiger partial charge in [0.1, 0.15) is 24.7 Å². The number of aryl methyl sites for hydroxylation is 1. The van der Waals surface area contributed by atoms with E-state index >= 15 is 0 Å². The highest BCUT2D eigenvalue weighted by Crippen LogP contribution is 2.42. The monoisotopic (exact) mass is 554 g/mol. The molecule has 0 aliphatic carbocycles. The third-order valence-electron chi connectivity index (χ3n) is 6.09. The molecule has 3 aromatic rings. The van der Waals surface area contributed by atoms with Gasteiger partial charge < -0.3 is 15.2 Å². The summed E-state index contributed by atoms with van der Waals surface area (Å²) in [5.41, 5.74) is -1.55. The van der Waals surface area contributed by atoms with E-state index in [0.717, 1.165) is 4.90 Å². The molecule has 38 heavy (non-hydrogen) atoms. The average Bonchev–Trinajstić information content (AvgIpc) is 3.18. The third-order valence-corrected chi connectivity index (χ3v) is 6.33. The molecule has 1 atom stereocenters. The van der Waals surface area contributed by atoms with E-state index in [2.05, 4.69) is 5.10 Å². The van der Waals surface area contributed by atoms with E-state index in [1.54, 1.807) is 31.3 Å². The fraction of sp³-hybridized carbons (Fsp3) is 0.320. The van der Waals surface area contributed by atoms with Gasteiger partial charge in [0, 0.05) is 17.6 Å². The smallest absolute Gasteiger partial charge is 0.418 e. The number of rotatable bonds is 7. The Labute approximate surface area is 219 Å². The van der Waals surface area contributed by atoms with Crippen LogP contribution < -0.4 is 15.0 Å². The molecule has 1 unspecified atom stereocenters. The molecule has 0 radical (unpaired) electrons. The summed E-state index contributed by atoms with van der Waals surface area (Å²) in [6.45, 7) is -1.39. The van der Waals surface area contributed by atoms with Crippen molar-refractivity contribution in [2.24, 2.45) is 7.05 Å². The quantitative estimate of drug-likeness (QED) is 0.433. The zero-order valence-corrected chi connectivity index (χ0v) is 21.0. The Morgan fingerprint density at radius 1 is 1.24 bits per heavy atom. The van der Waals surface area contributed by atoms with Crippen molar-refractivity contribution in [2.75, 3.05) is 18.0 Å². The Kier molecular flexibility index (Phi) is 7.39. The van der Waals surface area contributed by atoms with Gasteiger partial charge in [-0.05, 0) is 36.8 Å². The number of amides is 2. The zero-order chi connectivity index (χ0) is 27.8. The number of nitrogens with zero attached hydrogens (tertiary/aromatic N) is 3. The zero-order valence-electron chi connectivity index (χ0n) is 20.3. The maximum atomic E-state index is 14.3. The highest BCUT2D eigenvalue weighted by molar-refractivity contribution is 6.31. The lowest BCUT2D eigenvalue weighted by atomic mass is 10.0. The molecule has 1 aliphatic rings. The Balaban J connectivity index is 1.69. The van der Waals surface area contributed by atoms with Crippen molar-refractivity contribution in [3.63, 3.8) is 0 Å². The molecule has 0 saturated carbocycles. The molecule has 0 bridgehead atoms. The van der Waals surface area contributed by atoms with Crippen LogP contribution in [-0.2, 0) is 29.7 Å². The number of hydrogen-bond donors (Lipinski definition) is 2. The number of hydrogen-bond acceptors (Lipinski definition) is 5. The van der Waals surface area contributed by atoms with Crippen molar-refractivity contribution in [1.29, 1.82) is 0 Å². The molecule has 1 aromatic heterocycles. The third kappa shape index (κ3) is 5.46. The molecule has 2 aromatic carbocycles. The van der Waals surface area contributed by atoms with Crippen LogP contribution in [0.25, 0.3) is 11.3 Å². The van der Waals surface area contributed by atoms with Crippen molar-refractivity contribution in [2.45, 2.75) is 31.7 Å². The predicted octanol–water partition coefficient (Wildman–Crippen LogP) is 3.78. The lowest BCUT2D eigenvalue weighted by Gasteiger charge is -2.27. The van der Waals surface area contributed by atoms with Crippen LogP contribution in [0.5, 0.6) is 5.75 Å². The van der Waals surface area contributed by atoms with Crippen LogP contribution in [0, 0.1) is 5.82 Å². The van der Waals surface area contributed by atoms with E-state index in [0.29, 0.717) is 34.5 Å². The predicted molar refractivity (Wildman–Crippen MR) is 130 cm³/mol. The first kappa shape index (κ1) is 27.4. The van der Waals surface area contributed by atoms with Crippen molar-refractivity contribution in [3.05, 3.63) is 64.4 Å². The molecule has 0 spiro atoms. The Hall–Kier alpha value is -3.64. The van der Waals surface area contributed by atoms with Gasteiger partial charge in [0.15, 0.2) is 11.4 Å². The van der Waals surface area contributed by atoms with Crippen LogP contribution >= 0.6 is 11.6 Å². The first-order valence-electron chi connectivity index (χ1n) is 11.4. The first-order valence-corrected chi connectivity index (χ1v) is 11.7. The Morgan fingerprint density at radius 2 is 1.95 bits per heavy atom. The summed E-state index contributed by atoms with van der Waals surface area (Å²) in [6, 6.07) is 10.5. The summed E-state index contributed by atoms with van der Waals surface area (Å²) >= 11 is 6.15. The van der Waals surface area contributed by atoms with Gasteiger partial charge >= 0.3 is 6.18 Å². The molecular formula is C25H23ClF4N4O4. The first-order chi connectivity index (χ1) is 17.8. The van der Waals surface area contributed by atoms with Crippen LogP contribution in [0.15, 0.2) is 42.5 Å². The molecule has 202 valence electrons. The number of aromatic nitrogens is 2. The van der Waals surface area contributed by atoms with E-state index in [4.69, 9.17) is 16.3 Å². The molecule has 0 saturated heterocycles. The van der Waals surface area contributed by atoms with E-state index in [9.17, 15) is 32.3 Å². The summed E-state index contributed by atoms with van der Waals surface area (Å²) in [7, 11) is 1.61. The Bertz CT molecular complexity index is 1390. The molecule has 2 heterocycles. The van der Waals surface area contributed by atoms with Gasteiger partial charge in [-0.15, -0.1) is 0 Å². The van der Waals surface area contributed by atoms with Crippen molar-refractivity contribution < 1.29 is 37.0 Å². The number of benzene rings is 2. The van der Waals surface area contributed by atoms with Gasteiger partial charge in [0.2, 0.25) is 11.8 Å². The highest BCUT2D eigenvalue weighted by atomic mass is 35.5. The highest BCUT2D eigenvalue weighted by Gasteiger charge is 2.50. The van der Waals surface area contributed by atoms with Crippen LogP contribution in [0.2, 0.25) is 5.02 Å². The van der Waals surface area contributed by atoms with E-state index in [1.807, 2.05) is 5.32 Å². The number of ether oxygens (including phenoxy) is 1. The maximum Gasteiger partial charge on any atom is 0.418 e. The van der Waals surface area contributed by atoms with Gasteiger partial charge in [-0.1, -0.05) is 29.8 Å². The normalized spacial score (nSPS) is 14.1. The van der Waals surface area contributed by atoms with Gasteiger partial charge in [0.25, 0.3) is 0 Å². The van der Waals surface area contributed by atoms with E-state index in [1.165, 1.54) is 22.9 Å². The second kappa shape index (κ2) is 10.3. The second-order valence-electron chi connectivity index (χ2n) is 9.00. The molecule has 2 N–H and O–H groups in total. The van der Waals surface area contributed by atoms with E-state index in [-0.39, 0.29) is 18.0 Å². The van der Waals surface area contributed by atoms with Crippen LogP contribution in [0.1, 0.15) is 18.1 Å². The summed E-state index contributed by atoms with van der Waals surface area (Å²) in [5, 5.41) is 16.5. The lowest BCUT2D eigenvalue weighted by molar-refractivity contribution is -0.250. The molecular weight excluding hydrogens is 532 g/mol. The minimum Gasteiger partial charge on any atom is -0.488 e. The molecule has 1 aliphatic heterocycles. The van der Waals surface area contributed by atoms with Crippen LogP contribution in [0.4, 0.5) is 23.4 Å². The minimum atomic E-state index is -4.99. The Morgan fingerprint density at radius 3 is 2.63 bits per heavy atom. The van der Waals surface area contributed by atoms with E-state index < -0.39 is 48.9 Å². The molecule has 8 nitrogen and oxygen atoms in total. The molecule has 0 fully saturated rings. The number of alkyl halides is 3. The van der Waals surface area contributed by atoms with Gasteiger partial charge in [-0.2, -0.15) is 18.3 Å². The fourth-order valence-corrected chi connectivity index (χ4v) is 4.13. The SMILES string of the molecule is Cn1nc(N(CC(=O)NCC(C)(O)C(F)(F)F)C(=O)Cc2ccccc2F)c2c1-c1cc(Cl)ccc1OC2. The van der Waals surface area contributed by atoms with Gasteiger partial charge in [0.05, 0.1) is 24.2 Å². The lowest BCUT2D eigenvalue weighted by Crippen LogP contribution is -2.53. The van der Waals surface area contributed by atoms with Crippen molar-refractivity contribution >= 4 is 29.2 Å². The van der Waals surface area contributed by atoms with Gasteiger partial charge in [-0.3, -0.25) is 19.2 Å². The molecule has 2 amide bonds. The summed E-state index contributed by atoms with van der Waals surface area (Å²) in [4.78, 5) is 27.1. The topological polar surface area (TPSA) is 96.7 Å². The minimum absolute atomic E-state index is 0.0206. The standard InChI is InChI=1S/C25H23ClF4N4O4/c1-24(37,25(28,29)30)13-31-20(35)11-34(21(36)9-14-5-3-4-6-18(14)27)23-17-12-38-19-8-7-15(26)10-16(19)22(17)33(2)32-23/h3-8,10,37H,9,11-13H2,1-2H3,(H,31,35). The molecule has 4 rings (SSSR count). The van der Waals surface area contributed by atoms with Crippen LogP contribution in [0.3, 0.4) is 0 Å². The number of nitrogens with one attached hydrogen (secondary N) is 1. The average molecular weight is 555 g/mol. The van der Waals surface area contributed by atoms with Gasteiger partial charge in [-0.25, -0.2) is 4.39 Å². The number of anilines is 1. The number of carbonyl (C=O) groups excluding carboxylic acids is 2. The summed E-state index contributed by atoms with van der Waals surface area (Å²) in [6.07, 6.45) is -5.44. The number of halogens is 5. The largest absolute Gasteiger partial charge is 0.488 e. The van der Waals surface area contributed by atoms with Crippen molar-refractivity contribution in [3.8, 4) is 17.0 Å². The number of aliphatic hydroxyl groups is 1. The fourth-order valence-electron chi connectivity index (χ4n) is 3.96. The number of carbonyl (C=O) groups is 2. The maximum absolute atomic E-state index is 14.3. The number of fused-ring (bicyclic) bond motifs is 3. The summed E-state index contributed by atoms with van der Waals surface area (Å²) < 4.78 is 60.6. The van der Waals surface area contributed by atoms with Crippen LogP contribution in [-0.4, -0.2) is 51.6 Å².